The topological polar surface area (TPSA) is 93.6 Å². The molecular weight excluding hydrogens is 443 g/mol. The summed E-state index contributed by atoms with van der Waals surface area (Å²) in [6.07, 6.45) is -1.33. The van der Waals surface area contributed by atoms with E-state index in [0.717, 1.165) is 0 Å². The highest BCUT2D eigenvalue weighted by Crippen LogP contribution is 2.40. The number of fused-ring (bicyclic) bond motifs is 1. The van der Waals surface area contributed by atoms with E-state index in [9.17, 15) is 20.3 Å². The minimum Gasteiger partial charge on any atom is -0.734 e. The Hall–Kier alpha value is -2.49. The Kier molecular flexibility index (Phi) is 6.00. The lowest BCUT2D eigenvalue weighted by Crippen LogP contribution is -2.50. The van der Waals surface area contributed by atoms with Crippen molar-refractivity contribution >= 4 is 40.5 Å². The molecule has 0 saturated carbocycles. The molecule has 31 heavy (non-hydrogen) atoms. The molecule has 2 heterocycles. The Bertz CT molecular complexity index is 1020. The van der Waals surface area contributed by atoms with E-state index in [1.54, 1.807) is 54.4 Å². The second kappa shape index (κ2) is 8.57. The predicted molar refractivity (Wildman–Crippen MR) is 119 cm³/mol. The Morgan fingerprint density at radius 2 is 1.68 bits per heavy atom. The van der Waals surface area contributed by atoms with E-state index in [0.29, 0.717) is 58.7 Å². The largest absolute Gasteiger partial charge is 0.734 e. The van der Waals surface area contributed by atoms with Crippen molar-refractivity contribution < 1.29 is 15.1 Å². The van der Waals surface area contributed by atoms with Gasteiger partial charge >= 0.3 is 0 Å². The lowest BCUT2D eigenvalue weighted by atomic mass is 9.99. The first-order chi connectivity index (χ1) is 14.8. The lowest BCUT2D eigenvalue weighted by molar-refractivity contribution is -0.0291. The molecule has 2 aromatic carbocycles. The Balaban J connectivity index is 1.62. The smallest absolute Gasteiger partial charge is 0.253 e. The third kappa shape index (κ3) is 4.05. The monoisotopic (exact) mass is 463 g/mol. The lowest BCUT2D eigenvalue weighted by Gasteiger charge is -2.45. The number of carbonyl (C=O) groups excluding carboxylic acids is 1. The first-order valence-electron chi connectivity index (χ1n) is 9.69. The zero-order valence-electron chi connectivity index (χ0n) is 16.7. The van der Waals surface area contributed by atoms with Crippen molar-refractivity contribution in [1.82, 2.24) is 15.0 Å². The molecule has 2 N–H and O–H groups in total. The number of carbonyl (C=O) groups is 1. The normalized spacial score (nSPS) is 18.9. The van der Waals surface area contributed by atoms with Gasteiger partial charge in [0, 0.05) is 60.1 Å². The standard InChI is InChI=1S/C21H21Cl2N4O4/c1-24-17-7-6-15(23)12-16(17)18(19(21(24)29)27(30)31)25-8-10-26(11-9-25)20(28)13-2-4-14(22)5-3-13/h2-7,12,21,29-30H,8-11H2,1H3/q-1. The maximum atomic E-state index is 12.8. The molecule has 1 unspecified atom stereocenters. The minimum absolute atomic E-state index is 0.106. The van der Waals surface area contributed by atoms with Gasteiger partial charge in [-0.25, -0.2) is 0 Å². The minimum atomic E-state index is -1.33. The zero-order valence-corrected chi connectivity index (χ0v) is 18.2. The van der Waals surface area contributed by atoms with Gasteiger partial charge in [-0.2, -0.15) is 0 Å². The molecule has 10 heteroatoms. The summed E-state index contributed by atoms with van der Waals surface area (Å²) in [5.41, 5.74) is 2.07. The fraction of sp³-hybridized carbons (Fsp3) is 0.286. The van der Waals surface area contributed by atoms with E-state index in [1.807, 2.05) is 4.90 Å². The van der Waals surface area contributed by atoms with Crippen molar-refractivity contribution in [2.24, 2.45) is 0 Å². The van der Waals surface area contributed by atoms with Crippen LogP contribution in [-0.2, 0) is 0 Å². The molecule has 0 aromatic heterocycles. The van der Waals surface area contributed by atoms with Crippen LogP contribution in [0.15, 0.2) is 48.2 Å². The highest BCUT2D eigenvalue weighted by atomic mass is 35.5. The zero-order chi connectivity index (χ0) is 22.3. The van der Waals surface area contributed by atoms with Crippen LogP contribution in [0.5, 0.6) is 0 Å². The average molecular weight is 464 g/mol. The fourth-order valence-electron chi connectivity index (χ4n) is 4.01. The molecule has 1 atom stereocenters. The molecule has 0 spiro atoms. The molecule has 0 aliphatic carbocycles. The summed E-state index contributed by atoms with van der Waals surface area (Å²) in [6.45, 7) is 1.64. The van der Waals surface area contributed by atoms with E-state index in [-0.39, 0.29) is 16.8 Å². The molecule has 2 aromatic rings. The van der Waals surface area contributed by atoms with Crippen LogP contribution in [0.1, 0.15) is 15.9 Å². The number of anilines is 1. The Morgan fingerprint density at radius 1 is 1.06 bits per heavy atom. The van der Waals surface area contributed by atoms with Crippen LogP contribution in [0.4, 0.5) is 5.69 Å². The first kappa shape index (κ1) is 21.7. The summed E-state index contributed by atoms with van der Waals surface area (Å²) in [7, 11) is 1.63. The van der Waals surface area contributed by atoms with E-state index in [2.05, 4.69) is 0 Å². The van der Waals surface area contributed by atoms with Gasteiger partial charge in [0.2, 0.25) is 0 Å². The number of nitrogens with zero attached hydrogens (tertiary/aromatic N) is 4. The van der Waals surface area contributed by atoms with Gasteiger partial charge in [-0.1, -0.05) is 23.2 Å². The summed E-state index contributed by atoms with van der Waals surface area (Å²) in [4.78, 5) is 17.9. The van der Waals surface area contributed by atoms with E-state index in [4.69, 9.17) is 23.2 Å². The SMILES string of the molecule is CN1c2ccc(Cl)cc2C(N2CCN(C(=O)c3ccc(Cl)cc3)CC2)=C(N([O-])O)C1O. The molecule has 1 saturated heterocycles. The summed E-state index contributed by atoms with van der Waals surface area (Å²) in [6, 6.07) is 11.9. The number of benzene rings is 2. The van der Waals surface area contributed by atoms with E-state index >= 15 is 0 Å². The average Bonchev–Trinajstić information content (AvgIpc) is 2.76. The van der Waals surface area contributed by atoms with Gasteiger partial charge in [-0.15, -0.1) is 0 Å². The number of hydrogen-bond acceptors (Lipinski definition) is 7. The van der Waals surface area contributed by atoms with Gasteiger partial charge in [0.05, 0.1) is 5.70 Å². The summed E-state index contributed by atoms with van der Waals surface area (Å²) in [5, 5.41) is 33.1. The van der Waals surface area contributed by atoms with Crippen LogP contribution in [-0.4, -0.2) is 70.7 Å². The van der Waals surface area contributed by atoms with Crippen molar-refractivity contribution in [2.75, 3.05) is 38.1 Å². The molecule has 0 bridgehead atoms. The van der Waals surface area contributed by atoms with Crippen LogP contribution in [0, 0.1) is 5.21 Å². The van der Waals surface area contributed by atoms with Crippen LogP contribution >= 0.6 is 23.2 Å². The maximum absolute atomic E-state index is 12.8. The van der Waals surface area contributed by atoms with Crippen LogP contribution in [0.2, 0.25) is 10.0 Å². The molecule has 1 amide bonds. The van der Waals surface area contributed by atoms with Crippen LogP contribution in [0.3, 0.4) is 0 Å². The highest BCUT2D eigenvalue weighted by molar-refractivity contribution is 6.31. The number of amides is 1. The van der Waals surface area contributed by atoms with Gasteiger partial charge in [0.15, 0.2) is 6.23 Å². The third-order valence-corrected chi connectivity index (χ3v) is 6.12. The molecule has 8 nitrogen and oxygen atoms in total. The molecule has 164 valence electrons. The molecule has 2 aliphatic heterocycles. The molecule has 2 aliphatic rings. The second-order valence-electron chi connectivity index (χ2n) is 7.44. The number of hydrogen-bond donors (Lipinski definition) is 2. The van der Waals surface area contributed by atoms with E-state index < -0.39 is 6.23 Å². The summed E-state index contributed by atoms with van der Waals surface area (Å²) in [5.74, 6) is -0.106. The quantitative estimate of drug-likeness (QED) is 0.675. The molecular formula is C21H21Cl2N4O4-. The van der Waals surface area contributed by atoms with Gasteiger partial charge in [-0.3, -0.25) is 10.0 Å². The van der Waals surface area contributed by atoms with Crippen LogP contribution < -0.4 is 4.90 Å². The Morgan fingerprint density at radius 3 is 2.29 bits per heavy atom. The van der Waals surface area contributed by atoms with Gasteiger partial charge in [0.25, 0.3) is 5.91 Å². The maximum Gasteiger partial charge on any atom is 0.253 e. The number of halogens is 2. The summed E-state index contributed by atoms with van der Waals surface area (Å²) < 4.78 is 0. The summed E-state index contributed by atoms with van der Waals surface area (Å²) >= 11 is 12.1. The van der Waals surface area contributed by atoms with Crippen molar-refractivity contribution in [2.45, 2.75) is 6.23 Å². The Labute approximate surface area is 189 Å². The molecule has 1 fully saturated rings. The number of piperazine rings is 1. The van der Waals surface area contributed by atoms with Crippen LogP contribution in [0.25, 0.3) is 5.70 Å². The first-order valence-corrected chi connectivity index (χ1v) is 10.4. The highest BCUT2D eigenvalue weighted by Gasteiger charge is 2.35. The predicted octanol–water partition coefficient (Wildman–Crippen LogP) is 3.08. The number of likely N-dealkylation sites (N-methyl/N-ethyl adjacent to an activating group) is 1. The van der Waals surface area contributed by atoms with Crippen molar-refractivity contribution in [1.29, 1.82) is 0 Å². The van der Waals surface area contributed by atoms with Gasteiger partial charge in [-0.05, 0) is 42.5 Å². The van der Waals surface area contributed by atoms with E-state index in [1.165, 1.54) is 4.90 Å². The van der Waals surface area contributed by atoms with Crippen molar-refractivity contribution in [3.63, 3.8) is 0 Å². The van der Waals surface area contributed by atoms with Gasteiger partial charge < -0.3 is 30.2 Å². The second-order valence-corrected chi connectivity index (χ2v) is 8.31. The van der Waals surface area contributed by atoms with Crippen molar-refractivity contribution in [3.8, 4) is 0 Å². The third-order valence-electron chi connectivity index (χ3n) is 5.63. The molecule has 4 rings (SSSR count). The fourth-order valence-corrected chi connectivity index (χ4v) is 4.31. The number of aliphatic hydroxyl groups excluding tert-OH is 1. The van der Waals surface area contributed by atoms with Crippen molar-refractivity contribution in [3.05, 3.63) is 74.5 Å². The van der Waals surface area contributed by atoms with Gasteiger partial charge in [0.1, 0.15) is 5.70 Å². The molecule has 0 radical (unpaired) electrons. The number of hydroxylamine groups is 2. The number of rotatable bonds is 3. The number of aliphatic hydroxyl groups is 1.